The maximum absolute atomic E-state index is 11.5. The van der Waals surface area contributed by atoms with Crippen molar-refractivity contribution in [1.29, 1.82) is 0 Å². The molecule has 102 valence electrons. The molecule has 18 heavy (non-hydrogen) atoms. The van der Waals surface area contributed by atoms with Crippen molar-refractivity contribution in [3.05, 3.63) is 0 Å². The van der Waals surface area contributed by atoms with Crippen molar-refractivity contribution in [3.8, 4) is 0 Å². The SMILES string of the molecule is COC(=O)CN(CC(=O)O)C(=O)CNC(=O)CN. The number of methoxy groups -OCH3 is 1. The summed E-state index contributed by atoms with van der Waals surface area (Å²) in [7, 11) is 1.11. The van der Waals surface area contributed by atoms with E-state index >= 15 is 0 Å². The summed E-state index contributed by atoms with van der Waals surface area (Å²) in [6.07, 6.45) is 0. The summed E-state index contributed by atoms with van der Waals surface area (Å²) < 4.78 is 4.33. The third kappa shape index (κ3) is 6.43. The standard InChI is InChI=1S/C9H15N3O6/c1-18-9(17)5-12(4-8(15)16)7(14)3-11-6(13)2-10/h2-5,10H2,1H3,(H,11,13)(H,15,16). The Labute approximate surface area is 103 Å². The molecule has 2 amide bonds. The molecule has 0 aromatic heterocycles. The van der Waals surface area contributed by atoms with Gasteiger partial charge < -0.3 is 25.8 Å². The first-order valence-electron chi connectivity index (χ1n) is 4.93. The summed E-state index contributed by atoms with van der Waals surface area (Å²) in [5, 5.41) is 10.8. The maximum atomic E-state index is 11.5. The summed E-state index contributed by atoms with van der Waals surface area (Å²) >= 11 is 0. The van der Waals surface area contributed by atoms with Crippen LogP contribution in [0.1, 0.15) is 0 Å². The first-order chi connectivity index (χ1) is 8.40. The number of carbonyl (C=O) groups excluding carboxylic acids is 3. The number of hydrogen-bond acceptors (Lipinski definition) is 6. The van der Waals surface area contributed by atoms with Gasteiger partial charge in [0, 0.05) is 0 Å². The molecule has 0 heterocycles. The molecule has 0 spiro atoms. The fourth-order valence-corrected chi connectivity index (χ4v) is 0.974. The Bertz CT molecular complexity index is 343. The summed E-state index contributed by atoms with van der Waals surface area (Å²) in [5.74, 6) is -3.31. The van der Waals surface area contributed by atoms with Gasteiger partial charge in [-0.3, -0.25) is 19.2 Å². The quantitative estimate of drug-likeness (QED) is 0.419. The van der Waals surface area contributed by atoms with Gasteiger partial charge in [0.25, 0.3) is 0 Å². The van der Waals surface area contributed by atoms with E-state index in [1.807, 2.05) is 0 Å². The van der Waals surface area contributed by atoms with Crippen LogP contribution in [0.3, 0.4) is 0 Å². The van der Waals surface area contributed by atoms with Crippen LogP contribution in [0, 0.1) is 0 Å². The van der Waals surface area contributed by atoms with Crippen molar-refractivity contribution in [1.82, 2.24) is 10.2 Å². The van der Waals surface area contributed by atoms with Crippen molar-refractivity contribution in [2.75, 3.05) is 33.3 Å². The molecular weight excluding hydrogens is 246 g/mol. The van der Waals surface area contributed by atoms with Gasteiger partial charge in [-0.05, 0) is 0 Å². The highest BCUT2D eigenvalue weighted by atomic mass is 16.5. The van der Waals surface area contributed by atoms with E-state index in [4.69, 9.17) is 10.8 Å². The third-order valence-electron chi connectivity index (χ3n) is 1.85. The minimum atomic E-state index is -1.28. The third-order valence-corrected chi connectivity index (χ3v) is 1.85. The van der Waals surface area contributed by atoms with E-state index in [0.29, 0.717) is 0 Å². The van der Waals surface area contributed by atoms with Crippen molar-refractivity contribution < 1.29 is 29.0 Å². The average Bonchev–Trinajstić information content (AvgIpc) is 2.33. The zero-order valence-electron chi connectivity index (χ0n) is 9.84. The van der Waals surface area contributed by atoms with E-state index in [0.717, 1.165) is 12.0 Å². The van der Waals surface area contributed by atoms with E-state index < -0.39 is 43.4 Å². The van der Waals surface area contributed by atoms with Gasteiger partial charge in [-0.1, -0.05) is 0 Å². The maximum Gasteiger partial charge on any atom is 0.325 e. The van der Waals surface area contributed by atoms with Crippen LogP contribution in [0.15, 0.2) is 0 Å². The fourth-order valence-electron chi connectivity index (χ4n) is 0.974. The molecule has 0 aromatic rings. The second-order valence-electron chi connectivity index (χ2n) is 3.20. The molecule has 4 N–H and O–H groups in total. The Balaban J connectivity index is 4.44. The summed E-state index contributed by atoms with van der Waals surface area (Å²) in [5.41, 5.74) is 5.01. The first-order valence-corrected chi connectivity index (χ1v) is 4.93. The van der Waals surface area contributed by atoms with Crippen molar-refractivity contribution in [3.63, 3.8) is 0 Å². The Hall–Kier alpha value is -2.16. The number of esters is 1. The van der Waals surface area contributed by atoms with Crippen LogP contribution in [0.2, 0.25) is 0 Å². The average molecular weight is 261 g/mol. The number of ether oxygens (including phenoxy) is 1. The number of nitrogens with one attached hydrogen (secondary N) is 1. The van der Waals surface area contributed by atoms with Gasteiger partial charge >= 0.3 is 11.9 Å². The van der Waals surface area contributed by atoms with Crippen LogP contribution in [0.25, 0.3) is 0 Å². The van der Waals surface area contributed by atoms with Crippen molar-refractivity contribution in [2.45, 2.75) is 0 Å². The number of amides is 2. The number of hydrogen-bond donors (Lipinski definition) is 3. The molecule has 0 aliphatic heterocycles. The molecule has 9 heteroatoms. The van der Waals surface area contributed by atoms with E-state index in [2.05, 4.69) is 10.1 Å². The summed E-state index contributed by atoms with van der Waals surface area (Å²) in [4.78, 5) is 44.6. The highest BCUT2D eigenvalue weighted by Gasteiger charge is 2.20. The molecule has 0 saturated carbocycles. The number of aliphatic carboxylic acids is 1. The van der Waals surface area contributed by atoms with E-state index in [1.54, 1.807) is 0 Å². The van der Waals surface area contributed by atoms with Gasteiger partial charge in [0.05, 0.1) is 20.2 Å². The minimum Gasteiger partial charge on any atom is -0.480 e. The second-order valence-corrected chi connectivity index (χ2v) is 3.20. The Morgan fingerprint density at radius 3 is 2.33 bits per heavy atom. The van der Waals surface area contributed by atoms with Gasteiger partial charge in [-0.25, -0.2) is 0 Å². The molecule has 0 radical (unpaired) electrons. The Morgan fingerprint density at radius 1 is 1.28 bits per heavy atom. The van der Waals surface area contributed by atoms with Crippen LogP contribution in [-0.4, -0.2) is 67.0 Å². The first kappa shape index (κ1) is 15.8. The smallest absolute Gasteiger partial charge is 0.325 e. The zero-order valence-corrected chi connectivity index (χ0v) is 9.84. The number of carboxylic acid groups (broad SMARTS) is 1. The lowest BCUT2D eigenvalue weighted by molar-refractivity contribution is -0.150. The lowest BCUT2D eigenvalue weighted by Crippen LogP contribution is -2.45. The molecular formula is C9H15N3O6. The van der Waals surface area contributed by atoms with Crippen LogP contribution in [0.4, 0.5) is 0 Å². The Morgan fingerprint density at radius 2 is 1.89 bits per heavy atom. The predicted octanol–water partition coefficient (Wildman–Crippen LogP) is -2.85. The van der Waals surface area contributed by atoms with Gasteiger partial charge in [0.2, 0.25) is 11.8 Å². The highest BCUT2D eigenvalue weighted by Crippen LogP contribution is 1.91. The van der Waals surface area contributed by atoms with Crippen LogP contribution in [0.5, 0.6) is 0 Å². The van der Waals surface area contributed by atoms with Crippen LogP contribution >= 0.6 is 0 Å². The number of nitrogens with zero attached hydrogens (tertiary/aromatic N) is 1. The molecule has 0 atom stereocenters. The van der Waals surface area contributed by atoms with E-state index in [1.165, 1.54) is 0 Å². The largest absolute Gasteiger partial charge is 0.480 e. The molecule has 0 rings (SSSR count). The molecule has 0 aromatic carbocycles. The molecule has 0 saturated heterocycles. The number of carboxylic acids is 1. The highest BCUT2D eigenvalue weighted by molar-refractivity contribution is 5.89. The van der Waals surface area contributed by atoms with Gasteiger partial charge in [-0.2, -0.15) is 0 Å². The predicted molar refractivity (Wildman–Crippen MR) is 58.3 cm³/mol. The topological polar surface area (TPSA) is 139 Å². The summed E-state index contributed by atoms with van der Waals surface area (Å²) in [6, 6.07) is 0. The van der Waals surface area contributed by atoms with Gasteiger partial charge in [0.1, 0.15) is 13.1 Å². The number of nitrogens with two attached hydrogens (primary N) is 1. The number of carbonyl (C=O) groups is 4. The summed E-state index contributed by atoms with van der Waals surface area (Å²) in [6.45, 7) is -1.88. The second kappa shape index (κ2) is 8.01. The normalized spacial score (nSPS) is 9.44. The monoisotopic (exact) mass is 261 g/mol. The van der Waals surface area contributed by atoms with E-state index in [-0.39, 0.29) is 6.54 Å². The molecule has 0 bridgehead atoms. The molecule has 0 fully saturated rings. The molecule has 0 aliphatic rings. The van der Waals surface area contributed by atoms with E-state index in [9.17, 15) is 19.2 Å². The van der Waals surface area contributed by atoms with Crippen molar-refractivity contribution in [2.24, 2.45) is 5.73 Å². The molecule has 0 unspecified atom stereocenters. The number of rotatable bonds is 7. The van der Waals surface area contributed by atoms with Gasteiger partial charge in [0.15, 0.2) is 0 Å². The lowest BCUT2D eigenvalue weighted by Gasteiger charge is -2.19. The molecule has 9 nitrogen and oxygen atoms in total. The fraction of sp³-hybridized carbons (Fsp3) is 0.556. The van der Waals surface area contributed by atoms with Crippen molar-refractivity contribution >= 4 is 23.8 Å². The van der Waals surface area contributed by atoms with Crippen LogP contribution < -0.4 is 11.1 Å². The minimum absolute atomic E-state index is 0.288. The van der Waals surface area contributed by atoms with Gasteiger partial charge in [-0.15, -0.1) is 0 Å². The lowest BCUT2D eigenvalue weighted by atomic mass is 10.4. The zero-order chi connectivity index (χ0) is 14.1. The Kier molecular flexibility index (Phi) is 7.05. The molecule has 0 aliphatic carbocycles. The van der Waals surface area contributed by atoms with Crippen LogP contribution in [-0.2, 0) is 23.9 Å².